The number of hydrogen-bond donors (Lipinski definition) is 0. The van der Waals surface area contributed by atoms with Crippen molar-refractivity contribution in [2.45, 2.75) is 78.3 Å². The van der Waals surface area contributed by atoms with Crippen LogP contribution in [0.15, 0.2) is 30.6 Å². The molecule has 1 atom stereocenters. The third kappa shape index (κ3) is 6.00. The first kappa shape index (κ1) is 24.0. The van der Waals surface area contributed by atoms with Gasteiger partial charge in [0.1, 0.15) is 5.82 Å². The summed E-state index contributed by atoms with van der Waals surface area (Å²) in [5, 5.41) is 0. The van der Waals surface area contributed by atoms with Crippen molar-refractivity contribution in [3.05, 3.63) is 36.2 Å². The highest BCUT2D eigenvalue weighted by atomic mass is 15.3. The van der Waals surface area contributed by atoms with Gasteiger partial charge in [-0.1, -0.05) is 19.9 Å². The number of piperazine rings is 1. The molecule has 0 N–H and O–H groups in total. The molecule has 31 heavy (non-hydrogen) atoms. The lowest BCUT2D eigenvalue weighted by Gasteiger charge is -2.49. The quantitative estimate of drug-likeness (QED) is 0.517. The summed E-state index contributed by atoms with van der Waals surface area (Å²) in [5.41, 5.74) is 5.48. The normalized spacial score (nSPS) is 21.2. The van der Waals surface area contributed by atoms with Crippen LogP contribution in [0, 0.1) is 5.92 Å². The average molecular weight is 425 g/mol. The molecule has 0 amide bonds. The molecule has 2 fully saturated rings. The van der Waals surface area contributed by atoms with E-state index in [2.05, 4.69) is 66.8 Å². The summed E-state index contributed by atoms with van der Waals surface area (Å²) >= 11 is 0. The topological polar surface area (TPSA) is 22.6 Å². The Morgan fingerprint density at radius 1 is 1.16 bits per heavy atom. The Morgan fingerprint density at radius 2 is 1.84 bits per heavy atom. The Balaban J connectivity index is 1.56. The van der Waals surface area contributed by atoms with E-state index in [4.69, 9.17) is 4.98 Å². The van der Waals surface area contributed by atoms with Crippen LogP contribution < -0.4 is 4.90 Å². The number of piperidine rings is 1. The van der Waals surface area contributed by atoms with Crippen molar-refractivity contribution in [2.24, 2.45) is 5.92 Å². The fraction of sp³-hybridized carbons (Fsp3) is 0.704. The molecule has 0 aliphatic carbocycles. The van der Waals surface area contributed by atoms with Gasteiger partial charge in [0, 0.05) is 62.6 Å². The molecule has 0 bridgehead atoms. The van der Waals surface area contributed by atoms with E-state index in [0.29, 0.717) is 11.6 Å². The van der Waals surface area contributed by atoms with Gasteiger partial charge in [-0.2, -0.15) is 0 Å². The molecule has 1 unspecified atom stereocenters. The van der Waals surface area contributed by atoms with Crippen molar-refractivity contribution in [1.29, 1.82) is 0 Å². The Kier molecular flexibility index (Phi) is 8.38. The van der Waals surface area contributed by atoms with Gasteiger partial charge in [-0.05, 0) is 77.0 Å². The summed E-state index contributed by atoms with van der Waals surface area (Å²) in [7, 11) is 0. The van der Waals surface area contributed by atoms with Gasteiger partial charge < -0.3 is 4.90 Å². The second-order valence-corrected chi connectivity index (χ2v) is 10.2. The number of anilines is 1. The molecule has 4 nitrogen and oxygen atoms in total. The predicted octanol–water partition coefficient (Wildman–Crippen LogP) is 5.46. The maximum absolute atomic E-state index is 4.72. The molecule has 0 saturated carbocycles. The van der Waals surface area contributed by atoms with Gasteiger partial charge in [0.15, 0.2) is 0 Å². The first-order chi connectivity index (χ1) is 14.9. The van der Waals surface area contributed by atoms with Gasteiger partial charge >= 0.3 is 0 Å². The second kappa shape index (κ2) is 10.8. The fourth-order valence-corrected chi connectivity index (χ4v) is 5.59. The molecule has 0 radical (unpaired) electrons. The number of nitrogens with zero attached hydrogens (tertiary/aromatic N) is 4. The molecule has 3 rings (SSSR count). The van der Waals surface area contributed by atoms with Crippen molar-refractivity contribution >= 4 is 11.4 Å². The summed E-state index contributed by atoms with van der Waals surface area (Å²) in [6, 6.07) is 4.98. The van der Waals surface area contributed by atoms with Crippen LogP contribution in [0.25, 0.3) is 5.57 Å². The molecule has 2 aliphatic rings. The molecular formula is C27H44N4. The van der Waals surface area contributed by atoms with E-state index in [1.807, 2.05) is 13.1 Å². The average Bonchev–Trinajstić information content (AvgIpc) is 2.79. The van der Waals surface area contributed by atoms with Crippen LogP contribution in [-0.4, -0.2) is 65.6 Å². The molecule has 172 valence electrons. The first-order valence-corrected chi connectivity index (χ1v) is 12.4. The Labute approximate surface area is 191 Å². The third-order valence-corrected chi connectivity index (χ3v) is 7.71. The summed E-state index contributed by atoms with van der Waals surface area (Å²) in [6.45, 7) is 22.5. The van der Waals surface area contributed by atoms with Gasteiger partial charge in [-0.25, -0.2) is 4.98 Å². The van der Waals surface area contributed by atoms with Gasteiger partial charge in [-0.3, -0.25) is 9.80 Å². The summed E-state index contributed by atoms with van der Waals surface area (Å²) in [5.74, 6) is 1.93. The highest BCUT2D eigenvalue weighted by Crippen LogP contribution is 2.35. The summed E-state index contributed by atoms with van der Waals surface area (Å²) < 4.78 is 0. The molecule has 1 aromatic rings. The Hall–Kier alpha value is -1.61. The van der Waals surface area contributed by atoms with E-state index in [0.717, 1.165) is 36.0 Å². The van der Waals surface area contributed by atoms with Crippen molar-refractivity contribution in [3.8, 4) is 0 Å². The van der Waals surface area contributed by atoms with Crippen LogP contribution in [-0.2, 0) is 0 Å². The van der Waals surface area contributed by atoms with E-state index in [1.54, 1.807) is 0 Å². The largest absolute Gasteiger partial charge is 0.357 e. The monoisotopic (exact) mass is 424 g/mol. The molecule has 3 heterocycles. The zero-order chi connectivity index (χ0) is 22.4. The van der Waals surface area contributed by atoms with Crippen molar-refractivity contribution < 1.29 is 0 Å². The fourth-order valence-electron chi connectivity index (χ4n) is 5.59. The first-order valence-electron chi connectivity index (χ1n) is 12.4. The van der Waals surface area contributed by atoms with Crippen molar-refractivity contribution in [1.82, 2.24) is 14.8 Å². The zero-order valence-electron chi connectivity index (χ0n) is 20.7. The smallest absolute Gasteiger partial charge is 0.128 e. The van der Waals surface area contributed by atoms with Crippen molar-refractivity contribution in [3.63, 3.8) is 0 Å². The van der Waals surface area contributed by atoms with Crippen LogP contribution in [0.5, 0.6) is 0 Å². The minimum Gasteiger partial charge on any atom is -0.357 e. The highest BCUT2D eigenvalue weighted by molar-refractivity contribution is 5.63. The molecule has 0 spiro atoms. The van der Waals surface area contributed by atoms with Crippen LogP contribution in [0.4, 0.5) is 5.82 Å². The van der Waals surface area contributed by atoms with Gasteiger partial charge in [-0.15, -0.1) is 5.73 Å². The maximum atomic E-state index is 4.72. The lowest BCUT2D eigenvalue weighted by molar-refractivity contribution is 0.0102. The van der Waals surface area contributed by atoms with Crippen LogP contribution in [0.2, 0.25) is 0 Å². The zero-order valence-corrected chi connectivity index (χ0v) is 20.7. The van der Waals surface area contributed by atoms with Crippen LogP contribution >= 0.6 is 0 Å². The van der Waals surface area contributed by atoms with E-state index in [-0.39, 0.29) is 0 Å². The van der Waals surface area contributed by atoms with Crippen LogP contribution in [0.3, 0.4) is 0 Å². The summed E-state index contributed by atoms with van der Waals surface area (Å²) in [6.07, 6.45) is 8.44. The molecule has 4 heteroatoms. The second-order valence-electron chi connectivity index (χ2n) is 10.2. The third-order valence-electron chi connectivity index (χ3n) is 7.71. The van der Waals surface area contributed by atoms with Gasteiger partial charge in [0.05, 0.1) is 0 Å². The molecular weight excluding hydrogens is 380 g/mol. The van der Waals surface area contributed by atoms with E-state index < -0.39 is 0 Å². The Bertz CT molecular complexity index is 733. The number of aromatic nitrogens is 1. The van der Waals surface area contributed by atoms with E-state index in [1.165, 1.54) is 58.3 Å². The molecule has 1 aromatic heterocycles. The number of hydrogen-bond acceptors (Lipinski definition) is 4. The minimum absolute atomic E-state index is 0.346. The molecule has 2 aliphatic heterocycles. The lowest BCUT2D eigenvalue weighted by atomic mass is 9.79. The SMILES string of the molecule is C=C=C(C)c1ccc(N2CCC(CC(C)(CCC)N3CCN(C(C)C)CC3)CC2)nc1. The lowest BCUT2D eigenvalue weighted by Crippen LogP contribution is -2.57. The van der Waals surface area contributed by atoms with E-state index in [9.17, 15) is 0 Å². The molecule has 0 aromatic carbocycles. The number of allylic oxidation sites excluding steroid dienone is 1. The highest BCUT2D eigenvalue weighted by Gasteiger charge is 2.36. The number of rotatable bonds is 8. The summed E-state index contributed by atoms with van der Waals surface area (Å²) in [4.78, 5) is 12.6. The van der Waals surface area contributed by atoms with Crippen LogP contribution in [0.1, 0.15) is 72.3 Å². The van der Waals surface area contributed by atoms with Crippen molar-refractivity contribution in [2.75, 3.05) is 44.2 Å². The van der Waals surface area contributed by atoms with E-state index >= 15 is 0 Å². The number of pyridine rings is 1. The standard InChI is InChI=1S/C27H44N4/c1-7-13-27(6,31-18-16-29(17-19-31)22(3)4)20-24-11-14-30(15-12-24)26-10-9-25(21-28-26)23(5)8-2/h9-10,21-22,24H,2,7,11-20H2,1,3-6H3. The minimum atomic E-state index is 0.346. The van der Waals surface area contributed by atoms with Gasteiger partial charge in [0.2, 0.25) is 0 Å². The predicted molar refractivity (Wildman–Crippen MR) is 134 cm³/mol. The Morgan fingerprint density at radius 3 is 2.35 bits per heavy atom. The maximum Gasteiger partial charge on any atom is 0.128 e. The van der Waals surface area contributed by atoms with Gasteiger partial charge in [0.25, 0.3) is 0 Å². The molecule has 2 saturated heterocycles.